The summed E-state index contributed by atoms with van der Waals surface area (Å²) in [6, 6.07) is 0. The number of hydrogen-bond acceptors (Lipinski definition) is 4. The lowest BCUT2D eigenvalue weighted by atomic mass is 10.1. The maximum Gasteiger partial charge on any atom is 0.340 e. The number of hydrogen-bond donors (Lipinski definition) is 0. The Morgan fingerprint density at radius 2 is 2.08 bits per heavy atom. The molecule has 0 radical (unpaired) electrons. The second-order valence-electron chi connectivity index (χ2n) is 2.87. The third-order valence-electron chi connectivity index (χ3n) is 1.97. The summed E-state index contributed by atoms with van der Waals surface area (Å²) in [5, 5.41) is 10.7. The van der Waals surface area contributed by atoms with E-state index in [1.54, 1.807) is 6.08 Å². The zero-order valence-electron chi connectivity index (χ0n) is 7.00. The van der Waals surface area contributed by atoms with E-state index in [-0.39, 0.29) is 6.42 Å². The Bertz CT molecular complexity index is 381. The molecule has 0 aromatic carbocycles. The van der Waals surface area contributed by atoms with Gasteiger partial charge in [0, 0.05) is 17.3 Å². The highest BCUT2D eigenvalue weighted by atomic mass is 32.2. The van der Waals surface area contributed by atoms with Crippen molar-refractivity contribution in [2.75, 3.05) is 6.26 Å². The Morgan fingerprint density at radius 3 is 2.31 bits per heavy atom. The van der Waals surface area contributed by atoms with Crippen LogP contribution < -0.4 is 0 Å². The minimum atomic E-state index is -3.72. The normalized spacial score (nSPS) is 27.5. The van der Waals surface area contributed by atoms with Crippen LogP contribution in [0.4, 0.5) is 0 Å². The molecule has 0 aromatic rings. The summed E-state index contributed by atoms with van der Waals surface area (Å²) in [5.74, 6) is 0. The third-order valence-corrected chi connectivity index (χ3v) is 3.70. The topological polar surface area (TPSA) is 77.3 Å². The first kappa shape index (κ1) is 9.91. The Morgan fingerprint density at radius 1 is 1.46 bits per heavy atom. The van der Waals surface area contributed by atoms with Gasteiger partial charge < -0.3 is 0 Å². The molecule has 1 rings (SSSR count). The van der Waals surface area contributed by atoms with Gasteiger partial charge in [0.15, 0.2) is 0 Å². The van der Waals surface area contributed by atoms with Gasteiger partial charge >= 0.3 is 4.87 Å². The lowest BCUT2D eigenvalue weighted by Crippen LogP contribution is -2.44. The van der Waals surface area contributed by atoms with E-state index in [1.165, 1.54) is 12.2 Å². The van der Waals surface area contributed by atoms with Crippen LogP contribution in [0, 0.1) is 10.1 Å². The van der Waals surface area contributed by atoms with Crippen molar-refractivity contribution in [2.45, 2.75) is 11.3 Å². The van der Waals surface area contributed by atoms with Crippen molar-refractivity contribution in [1.29, 1.82) is 0 Å². The van der Waals surface area contributed by atoms with Crippen LogP contribution in [0.5, 0.6) is 0 Å². The Labute approximate surface area is 75.8 Å². The van der Waals surface area contributed by atoms with Crippen LogP contribution in [-0.4, -0.2) is 24.5 Å². The molecule has 6 heteroatoms. The van der Waals surface area contributed by atoms with Crippen molar-refractivity contribution >= 4 is 9.84 Å². The molecule has 1 aliphatic rings. The first-order valence-electron chi connectivity index (χ1n) is 3.58. The molecule has 0 heterocycles. The van der Waals surface area contributed by atoms with Crippen LogP contribution in [-0.2, 0) is 9.84 Å². The van der Waals surface area contributed by atoms with Crippen molar-refractivity contribution in [3.05, 3.63) is 34.4 Å². The van der Waals surface area contributed by atoms with Gasteiger partial charge in [-0.15, -0.1) is 0 Å². The van der Waals surface area contributed by atoms with Crippen molar-refractivity contribution in [3.8, 4) is 0 Å². The van der Waals surface area contributed by atoms with Crippen LogP contribution >= 0.6 is 0 Å². The van der Waals surface area contributed by atoms with E-state index in [2.05, 4.69) is 0 Å². The van der Waals surface area contributed by atoms with Crippen LogP contribution in [0.25, 0.3) is 0 Å². The van der Waals surface area contributed by atoms with Crippen molar-refractivity contribution in [1.82, 2.24) is 0 Å². The van der Waals surface area contributed by atoms with Gasteiger partial charge in [-0.1, -0.05) is 18.2 Å². The number of nitro groups is 1. The Balaban J connectivity index is 3.27. The summed E-state index contributed by atoms with van der Waals surface area (Å²) in [6.07, 6.45) is 6.33. The van der Waals surface area contributed by atoms with Gasteiger partial charge in [-0.2, -0.15) is 0 Å². The third kappa shape index (κ3) is 1.49. The van der Waals surface area contributed by atoms with Crippen LogP contribution in [0.3, 0.4) is 0 Å². The molecule has 0 bridgehead atoms. The van der Waals surface area contributed by atoms with E-state index in [0.717, 1.165) is 12.3 Å². The highest BCUT2D eigenvalue weighted by Gasteiger charge is 2.50. The zero-order chi connectivity index (χ0) is 10.1. The number of nitrogens with zero attached hydrogens (tertiary/aromatic N) is 1. The first-order chi connectivity index (χ1) is 5.90. The van der Waals surface area contributed by atoms with Crippen LogP contribution in [0.2, 0.25) is 0 Å². The summed E-state index contributed by atoms with van der Waals surface area (Å²) in [4.78, 5) is 7.95. The SMILES string of the molecule is CS(=O)(=O)C1([N+](=O)[O-])C=CC=CC1. The van der Waals surface area contributed by atoms with E-state index in [9.17, 15) is 18.5 Å². The number of rotatable bonds is 2. The molecule has 72 valence electrons. The highest BCUT2D eigenvalue weighted by Crippen LogP contribution is 2.27. The molecule has 0 fully saturated rings. The molecule has 1 aliphatic carbocycles. The van der Waals surface area contributed by atoms with Crippen molar-refractivity contribution in [2.24, 2.45) is 0 Å². The van der Waals surface area contributed by atoms with Crippen molar-refractivity contribution < 1.29 is 13.3 Å². The summed E-state index contributed by atoms with van der Waals surface area (Å²) >= 11 is 0. The monoisotopic (exact) mass is 203 g/mol. The van der Waals surface area contributed by atoms with Gasteiger partial charge in [0.25, 0.3) is 0 Å². The largest absolute Gasteiger partial charge is 0.340 e. The van der Waals surface area contributed by atoms with E-state index in [0.29, 0.717) is 0 Å². The second-order valence-corrected chi connectivity index (χ2v) is 5.12. The molecule has 0 amide bonds. The second kappa shape index (κ2) is 2.95. The molecule has 1 atom stereocenters. The average molecular weight is 203 g/mol. The van der Waals surface area contributed by atoms with Gasteiger partial charge in [0.1, 0.15) is 0 Å². The smallest absolute Gasteiger partial charge is 0.263 e. The summed E-state index contributed by atoms with van der Waals surface area (Å²) in [5.41, 5.74) is 0. The minimum Gasteiger partial charge on any atom is -0.263 e. The molecule has 0 spiro atoms. The highest BCUT2D eigenvalue weighted by molar-refractivity contribution is 7.92. The molecule has 0 aromatic heterocycles. The maximum atomic E-state index is 11.2. The van der Waals surface area contributed by atoms with E-state index < -0.39 is 19.6 Å². The number of allylic oxidation sites excluding steroid dienone is 2. The zero-order valence-corrected chi connectivity index (χ0v) is 7.82. The first-order valence-corrected chi connectivity index (χ1v) is 5.48. The predicted molar refractivity (Wildman–Crippen MR) is 47.5 cm³/mol. The molecule has 13 heavy (non-hydrogen) atoms. The Kier molecular flexibility index (Phi) is 2.25. The Hall–Kier alpha value is -1.17. The fourth-order valence-electron chi connectivity index (χ4n) is 1.14. The molecule has 1 unspecified atom stereocenters. The molecule has 0 saturated carbocycles. The van der Waals surface area contributed by atoms with Gasteiger partial charge in [-0.25, -0.2) is 8.42 Å². The van der Waals surface area contributed by atoms with E-state index >= 15 is 0 Å². The van der Waals surface area contributed by atoms with Crippen LogP contribution in [0.1, 0.15) is 6.42 Å². The standard InChI is InChI=1S/C7H9NO4S/c1-13(11,12)7(8(9)10)5-3-2-4-6-7/h2-5H,6H2,1H3. The number of sulfone groups is 1. The van der Waals surface area contributed by atoms with Crippen LogP contribution in [0.15, 0.2) is 24.3 Å². The summed E-state index contributed by atoms with van der Waals surface area (Å²) in [7, 11) is -3.72. The molecule has 0 N–H and O–H groups in total. The van der Waals surface area contributed by atoms with Gasteiger partial charge in [-0.3, -0.25) is 10.1 Å². The lowest BCUT2D eigenvalue weighted by Gasteiger charge is -2.19. The molecule has 5 nitrogen and oxygen atoms in total. The quantitative estimate of drug-likeness (QED) is 0.484. The maximum absolute atomic E-state index is 11.2. The van der Waals surface area contributed by atoms with Crippen molar-refractivity contribution in [3.63, 3.8) is 0 Å². The molecular weight excluding hydrogens is 194 g/mol. The fraction of sp³-hybridized carbons (Fsp3) is 0.429. The van der Waals surface area contributed by atoms with E-state index in [4.69, 9.17) is 0 Å². The summed E-state index contributed by atoms with van der Waals surface area (Å²) in [6.45, 7) is 0. The minimum absolute atomic E-state index is 0.102. The molecule has 0 aliphatic heterocycles. The van der Waals surface area contributed by atoms with Gasteiger partial charge in [-0.05, 0) is 0 Å². The van der Waals surface area contributed by atoms with E-state index in [1.807, 2.05) is 0 Å². The summed E-state index contributed by atoms with van der Waals surface area (Å²) < 4.78 is 22.4. The fourth-order valence-corrected chi connectivity index (χ4v) is 2.13. The molecule has 0 saturated heterocycles. The van der Waals surface area contributed by atoms with Gasteiger partial charge in [0.05, 0.1) is 6.42 Å². The van der Waals surface area contributed by atoms with Gasteiger partial charge in [0.2, 0.25) is 9.84 Å². The predicted octanol–water partition coefficient (Wildman–Crippen LogP) is 0.520. The molecular formula is C7H9NO4S. The average Bonchev–Trinajstić information content (AvgIpc) is 2.03. The lowest BCUT2D eigenvalue weighted by molar-refractivity contribution is -0.526.